The van der Waals surface area contributed by atoms with Crippen molar-refractivity contribution in [1.82, 2.24) is 14.5 Å². The molecule has 0 aliphatic rings. The van der Waals surface area contributed by atoms with E-state index >= 15 is 0 Å². The highest BCUT2D eigenvalue weighted by molar-refractivity contribution is 7.26. The second kappa shape index (κ2) is 9.36. The molecule has 0 atom stereocenters. The van der Waals surface area contributed by atoms with Crippen molar-refractivity contribution >= 4 is 75.4 Å². The number of rotatable bonds is 3. The third-order valence-corrected chi connectivity index (χ3v) is 10.0. The molecular weight excluding hydrogens is 571 g/mol. The molecule has 0 N–H and O–H groups in total. The van der Waals surface area contributed by atoms with Crippen LogP contribution in [0.15, 0.2) is 144 Å². The number of fused-ring (bicyclic) bond motifs is 10. The van der Waals surface area contributed by atoms with Crippen LogP contribution in [0.25, 0.3) is 92.4 Å². The van der Waals surface area contributed by atoms with Gasteiger partial charge in [0, 0.05) is 53.1 Å². The van der Waals surface area contributed by atoms with Gasteiger partial charge < -0.3 is 8.98 Å². The van der Waals surface area contributed by atoms with Crippen molar-refractivity contribution in [2.45, 2.75) is 0 Å². The van der Waals surface area contributed by atoms with Crippen molar-refractivity contribution < 1.29 is 4.42 Å². The quantitative estimate of drug-likeness (QED) is 0.205. The summed E-state index contributed by atoms with van der Waals surface area (Å²) >= 11 is 1.88. The summed E-state index contributed by atoms with van der Waals surface area (Å²) in [6.45, 7) is 0. The molecule has 45 heavy (non-hydrogen) atoms. The van der Waals surface area contributed by atoms with Crippen molar-refractivity contribution in [2.75, 3.05) is 0 Å². The molecule has 0 bridgehead atoms. The van der Waals surface area contributed by atoms with Gasteiger partial charge in [0.05, 0.1) is 11.0 Å². The summed E-state index contributed by atoms with van der Waals surface area (Å²) in [6, 6.07) is 48.9. The first-order valence-electron chi connectivity index (χ1n) is 15.0. The third kappa shape index (κ3) is 3.59. The molecule has 210 valence electrons. The Labute approximate surface area is 261 Å². The highest BCUT2D eigenvalue weighted by Gasteiger charge is 2.20. The monoisotopic (exact) mass is 593 g/mol. The van der Waals surface area contributed by atoms with Crippen LogP contribution in [0.2, 0.25) is 0 Å². The van der Waals surface area contributed by atoms with Gasteiger partial charge in [-0.15, -0.1) is 11.3 Å². The van der Waals surface area contributed by atoms with Gasteiger partial charge in [0.15, 0.2) is 11.4 Å². The number of hydrogen-bond acceptors (Lipinski definition) is 4. The number of benzene rings is 6. The molecule has 0 saturated carbocycles. The topological polar surface area (TPSA) is 43.9 Å². The van der Waals surface area contributed by atoms with Crippen LogP contribution >= 0.6 is 11.3 Å². The lowest BCUT2D eigenvalue weighted by Crippen LogP contribution is -1.96. The lowest BCUT2D eigenvalue weighted by Gasteiger charge is -2.10. The molecule has 0 amide bonds. The molecule has 0 saturated heterocycles. The van der Waals surface area contributed by atoms with Crippen LogP contribution in [0, 0.1) is 0 Å². The van der Waals surface area contributed by atoms with Crippen LogP contribution in [0.3, 0.4) is 0 Å². The average molecular weight is 594 g/mol. The standard InChI is InChI=1S/C40H23N3OS/c1-2-10-24(11-3-1)36-38-37(30-14-5-8-16-33(30)44-38)42-40(41-36)25-18-20-26(21-19-25)43-31-15-7-4-13-29(31)35-32(43)23-22-28-27-12-6-9-17-34(27)45-39(28)35/h1-23H. The van der Waals surface area contributed by atoms with Gasteiger partial charge in [-0.2, -0.15) is 0 Å². The molecule has 4 aromatic heterocycles. The van der Waals surface area contributed by atoms with Gasteiger partial charge in [0.25, 0.3) is 0 Å². The molecule has 5 heteroatoms. The van der Waals surface area contributed by atoms with Crippen molar-refractivity contribution in [3.63, 3.8) is 0 Å². The van der Waals surface area contributed by atoms with E-state index in [1.807, 2.05) is 47.7 Å². The van der Waals surface area contributed by atoms with Crippen molar-refractivity contribution in [3.05, 3.63) is 140 Å². The van der Waals surface area contributed by atoms with Crippen LogP contribution < -0.4 is 0 Å². The smallest absolute Gasteiger partial charge is 0.180 e. The van der Waals surface area contributed by atoms with E-state index in [4.69, 9.17) is 14.4 Å². The second-order valence-corrected chi connectivity index (χ2v) is 12.4. The van der Waals surface area contributed by atoms with E-state index in [0.29, 0.717) is 11.4 Å². The van der Waals surface area contributed by atoms with E-state index in [1.54, 1.807) is 0 Å². The van der Waals surface area contributed by atoms with E-state index in [1.165, 1.54) is 42.0 Å². The normalized spacial score (nSPS) is 12.0. The molecule has 0 aliphatic carbocycles. The van der Waals surface area contributed by atoms with Gasteiger partial charge in [-0.05, 0) is 54.6 Å². The zero-order chi connectivity index (χ0) is 29.5. The number of para-hydroxylation sites is 2. The van der Waals surface area contributed by atoms with Crippen LogP contribution in [0.1, 0.15) is 0 Å². The van der Waals surface area contributed by atoms with E-state index in [9.17, 15) is 0 Å². The number of furan rings is 1. The fraction of sp³-hybridized carbons (Fsp3) is 0. The van der Waals surface area contributed by atoms with Gasteiger partial charge >= 0.3 is 0 Å². The summed E-state index contributed by atoms with van der Waals surface area (Å²) in [5.74, 6) is 0.675. The zero-order valence-corrected chi connectivity index (χ0v) is 24.8. The molecule has 0 spiro atoms. The Bertz CT molecular complexity index is 2750. The van der Waals surface area contributed by atoms with Gasteiger partial charge in [-0.3, -0.25) is 0 Å². The Hall–Kier alpha value is -5.78. The Balaban J connectivity index is 1.17. The summed E-state index contributed by atoms with van der Waals surface area (Å²) in [5.41, 5.74) is 8.60. The van der Waals surface area contributed by atoms with E-state index in [0.717, 1.165) is 39.0 Å². The van der Waals surface area contributed by atoms with E-state index in [2.05, 4.69) is 108 Å². The number of thiophene rings is 1. The molecule has 0 unspecified atom stereocenters. The van der Waals surface area contributed by atoms with Crippen LogP contribution in [0.4, 0.5) is 0 Å². The van der Waals surface area contributed by atoms with Crippen LogP contribution in [0.5, 0.6) is 0 Å². The summed E-state index contributed by atoms with van der Waals surface area (Å²) in [5, 5.41) is 6.19. The highest BCUT2D eigenvalue weighted by Crippen LogP contribution is 2.43. The van der Waals surface area contributed by atoms with Crippen molar-refractivity contribution in [1.29, 1.82) is 0 Å². The number of hydrogen-bond donors (Lipinski definition) is 0. The van der Waals surface area contributed by atoms with Gasteiger partial charge in [0.1, 0.15) is 16.8 Å². The fourth-order valence-corrected chi connectivity index (χ4v) is 8.04. The predicted octanol–water partition coefficient (Wildman–Crippen LogP) is 11.2. The molecule has 6 aromatic carbocycles. The van der Waals surface area contributed by atoms with E-state index in [-0.39, 0.29) is 0 Å². The lowest BCUT2D eigenvalue weighted by molar-refractivity contribution is 0.667. The Morgan fingerprint density at radius 2 is 1.27 bits per heavy atom. The SMILES string of the molecule is c1ccc(-c2nc(-c3ccc(-n4c5ccccc5c5c6sc7ccccc7c6ccc54)cc3)nc3c2oc2ccccc23)cc1. The van der Waals surface area contributed by atoms with Crippen LogP contribution in [-0.2, 0) is 0 Å². The minimum absolute atomic E-state index is 0.675. The fourth-order valence-electron chi connectivity index (χ4n) is 6.78. The minimum Gasteiger partial charge on any atom is -0.452 e. The molecule has 0 radical (unpaired) electrons. The summed E-state index contributed by atoms with van der Waals surface area (Å²) < 4.78 is 11.3. The predicted molar refractivity (Wildman–Crippen MR) is 187 cm³/mol. The Kier molecular flexibility index (Phi) is 5.12. The first-order chi connectivity index (χ1) is 22.3. The second-order valence-electron chi connectivity index (χ2n) is 11.4. The van der Waals surface area contributed by atoms with Gasteiger partial charge in [-0.1, -0.05) is 84.9 Å². The summed E-state index contributed by atoms with van der Waals surface area (Å²) in [4.78, 5) is 10.1. The molecule has 0 fully saturated rings. The minimum atomic E-state index is 0.675. The maximum absolute atomic E-state index is 6.30. The van der Waals surface area contributed by atoms with Crippen molar-refractivity contribution in [2.24, 2.45) is 0 Å². The first kappa shape index (κ1) is 24.6. The highest BCUT2D eigenvalue weighted by atomic mass is 32.1. The zero-order valence-electron chi connectivity index (χ0n) is 23.9. The Morgan fingerprint density at radius 3 is 2.13 bits per heavy atom. The third-order valence-electron chi connectivity index (χ3n) is 8.83. The maximum Gasteiger partial charge on any atom is 0.180 e. The number of nitrogens with zero attached hydrogens (tertiary/aromatic N) is 3. The largest absolute Gasteiger partial charge is 0.452 e. The van der Waals surface area contributed by atoms with Gasteiger partial charge in [-0.25, -0.2) is 9.97 Å². The number of aromatic nitrogens is 3. The van der Waals surface area contributed by atoms with E-state index < -0.39 is 0 Å². The average Bonchev–Trinajstić information content (AvgIpc) is 3.78. The summed E-state index contributed by atoms with van der Waals surface area (Å²) in [7, 11) is 0. The molecular formula is C40H23N3OS. The lowest BCUT2D eigenvalue weighted by atomic mass is 10.1. The molecule has 4 nitrogen and oxygen atoms in total. The van der Waals surface area contributed by atoms with Crippen LogP contribution in [-0.4, -0.2) is 14.5 Å². The summed E-state index contributed by atoms with van der Waals surface area (Å²) in [6.07, 6.45) is 0. The van der Waals surface area contributed by atoms with Gasteiger partial charge in [0.2, 0.25) is 0 Å². The molecule has 4 heterocycles. The first-order valence-corrected chi connectivity index (χ1v) is 15.8. The van der Waals surface area contributed by atoms with Crippen molar-refractivity contribution in [3.8, 4) is 28.3 Å². The Morgan fingerprint density at radius 1 is 0.533 bits per heavy atom. The maximum atomic E-state index is 6.30. The molecule has 0 aliphatic heterocycles. The molecule has 10 aromatic rings. The molecule has 10 rings (SSSR count).